The molecule has 2 N–H and O–H groups in total. The van der Waals surface area contributed by atoms with Crippen molar-refractivity contribution in [1.29, 1.82) is 0 Å². The van der Waals surface area contributed by atoms with E-state index in [0.29, 0.717) is 11.2 Å². The molecule has 33 heavy (non-hydrogen) atoms. The minimum Gasteiger partial charge on any atom is -0.380 e. The van der Waals surface area contributed by atoms with Crippen molar-refractivity contribution in [2.24, 2.45) is 5.41 Å². The van der Waals surface area contributed by atoms with Crippen LogP contribution < -0.4 is 10.6 Å². The van der Waals surface area contributed by atoms with E-state index < -0.39 is 0 Å². The van der Waals surface area contributed by atoms with Gasteiger partial charge in [0.15, 0.2) is 5.82 Å². The number of ether oxygens (including phenoxy) is 1. The summed E-state index contributed by atoms with van der Waals surface area (Å²) in [6.45, 7) is 10.9. The zero-order valence-corrected chi connectivity index (χ0v) is 19.8. The molecule has 1 fully saturated rings. The van der Waals surface area contributed by atoms with E-state index in [9.17, 15) is 4.79 Å². The molecular weight excluding hydrogens is 416 g/mol. The normalized spacial score (nSPS) is 15.0. The highest BCUT2D eigenvalue weighted by Gasteiger charge is 2.32. The zero-order valence-electron chi connectivity index (χ0n) is 19.8. The third-order valence-electron chi connectivity index (χ3n) is 5.87. The van der Waals surface area contributed by atoms with Gasteiger partial charge in [-0.05, 0) is 29.7 Å². The lowest BCUT2D eigenvalue weighted by Gasteiger charge is -2.38. The van der Waals surface area contributed by atoms with Crippen LogP contribution in [0.5, 0.6) is 0 Å². The van der Waals surface area contributed by atoms with E-state index in [1.165, 1.54) is 0 Å². The highest BCUT2D eigenvalue weighted by Crippen LogP contribution is 2.30. The average molecular weight is 449 g/mol. The van der Waals surface area contributed by atoms with Crippen LogP contribution in [0.2, 0.25) is 0 Å². The summed E-state index contributed by atoms with van der Waals surface area (Å²) in [5, 5.41) is 10.1. The summed E-state index contributed by atoms with van der Waals surface area (Å²) >= 11 is 0. The summed E-state index contributed by atoms with van der Waals surface area (Å²) in [6.07, 6.45) is 3.21. The number of hydrogen-bond acceptors (Lipinski definition) is 6. The number of pyridine rings is 1. The minimum absolute atomic E-state index is 0.129. The molecule has 0 unspecified atom stereocenters. The van der Waals surface area contributed by atoms with Crippen LogP contribution in [0.1, 0.15) is 45.4 Å². The molecule has 0 spiro atoms. The molecule has 0 aliphatic carbocycles. The number of aromatic nitrogens is 2. The average Bonchev–Trinajstić information content (AvgIpc) is 3.22. The van der Waals surface area contributed by atoms with E-state index in [-0.39, 0.29) is 17.7 Å². The number of hydrogen-bond donors (Lipinski definition) is 2. The fourth-order valence-electron chi connectivity index (χ4n) is 3.63. The molecule has 0 radical (unpaired) electrons. The molecule has 0 atom stereocenters. The molecule has 3 aromatic rings. The number of rotatable bonds is 8. The van der Waals surface area contributed by atoms with Gasteiger partial charge in [-0.25, -0.2) is 4.98 Å². The van der Waals surface area contributed by atoms with Crippen LogP contribution in [0.3, 0.4) is 0 Å². The number of anilines is 2. The molecule has 7 heteroatoms. The van der Waals surface area contributed by atoms with E-state index in [1.807, 2.05) is 57.3 Å². The molecule has 2 aromatic heterocycles. The second-order valence-corrected chi connectivity index (χ2v) is 10.2. The smallest absolute Gasteiger partial charge is 0.230 e. The van der Waals surface area contributed by atoms with Gasteiger partial charge in [0.25, 0.3) is 0 Å². The number of carbonyl (C=O) groups is 1. The summed E-state index contributed by atoms with van der Waals surface area (Å²) in [5.74, 6) is 1.92. The first-order chi connectivity index (χ1) is 15.7. The Bertz CT molecular complexity index is 1080. The van der Waals surface area contributed by atoms with Gasteiger partial charge in [0.2, 0.25) is 5.91 Å². The first-order valence-electron chi connectivity index (χ1n) is 11.3. The van der Waals surface area contributed by atoms with Crippen LogP contribution in [-0.4, -0.2) is 35.8 Å². The van der Waals surface area contributed by atoms with Gasteiger partial charge in [0, 0.05) is 35.2 Å². The maximum absolute atomic E-state index is 12.4. The Balaban J connectivity index is 1.28. The van der Waals surface area contributed by atoms with Crippen LogP contribution in [-0.2, 0) is 21.4 Å². The molecule has 1 saturated heterocycles. The van der Waals surface area contributed by atoms with Crippen LogP contribution in [0.25, 0.3) is 11.1 Å². The molecule has 174 valence electrons. The second-order valence-electron chi connectivity index (χ2n) is 10.2. The second kappa shape index (κ2) is 9.35. The van der Waals surface area contributed by atoms with Gasteiger partial charge >= 0.3 is 0 Å². The molecule has 3 heterocycles. The van der Waals surface area contributed by atoms with E-state index in [0.717, 1.165) is 54.4 Å². The maximum Gasteiger partial charge on any atom is 0.230 e. The summed E-state index contributed by atoms with van der Waals surface area (Å²) in [6, 6.07) is 13.8. The number of amides is 1. The van der Waals surface area contributed by atoms with Gasteiger partial charge in [-0.1, -0.05) is 57.1 Å². The number of benzene rings is 1. The molecule has 7 nitrogen and oxygen atoms in total. The molecular formula is C26H32N4O3. The van der Waals surface area contributed by atoms with Crippen LogP contribution in [0.4, 0.5) is 11.6 Å². The van der Waals surface area contributed by atoms with Crippen LogP contribution in [0.15, 0.2) is 53.2 Å². The lowest BCUT2D eigenvalue weighted by Crippen LogP contribution is -2.41. The van der Waals surface area contributed by atoms with E-state index in [1.54, 1.807) is 6.07 Å². The molecule has 0 saturated carbocycles. The molecule has 1 amide bonds. The quantitative estimate of drug-likeness (QED) is 0.501. The van der Waals surface area contributed by atoms with Crippen LogP contribution in [0, 0.1) is 5.41 Å². The topological polar surface area (TPSA) is 89.3 Å². The standard InChI is InChI=1S/C26H32N4O3/c1-25(2,3)21-14-23(30-33-21)29-24(31)13-18-5-7-19(8-6-18)20-9-10-22(28-15-20)27-12-11-26(4)16-32-17-26/h5-10,14-15H,11-13,16-17H2,1-4H3,(H,27,28)(H,29,30,31). The van der Waals surface area contributed by atoms with Crippen molar-refractivity contribution < 1.29 is 14.1 Å². The summed E-state index contributed by atoms with van der Waals surface area (Å²) in [4.78, 5) is 16.9. The summed E-state index contributed by atoms with van der Waals surface area (Å²) < 4.78 is 10.6. The van der Waals surface area contributed by atoms with Crippen LogP contribution >= 0.6 is 0 Å². The first kappa shape index (κ1) is 23.0. The lowest BCUT2D eigenvalue weighted by atomic mass is 9.85. The van der Waals surface area contributed by atoms with Crippen molar-refractivity contribution in [2.75, 3.05) is 30.4 Å². The molecule has 1 aliphatic heterocycles. The third-order valence-corrected chi connectivity index (χ3v) is 5.87. The Morgan fingerprint density at radius 3 is 2.36 bits per heavy atom. The van der Waals surface area contributed by atoms with Gasteiger partial charge in [-0.15, -0.1) is 0 Å². The fourth-order valence-corrected chi connectivity index (χ4v) is 3.63. The number of nitrogens with one attached hydrogen (secondary N) is 2. The molecule has 1 aliphatic rings. The Labute approximate surface area is 194 Å². The van der Waals surface area contributed by atoms with Crippen molar-refractivity contribution in [3.63, 3.8) is 0 Å². The number of nitrogens with zero attached hydrogens (tertiary/aromatic N) is 2. The van der Waals surface area contributed by atoms with Crippen molar-refractivity contribution in [2.45, 2.75) is 46.0 Å². The highest BCUT2D eigenvalue weighted by molar-refractivity contribution is 5.91. The molecule has 4 rings (SSSR count). The van der Waals surface area contributed by atoms with Crippen molar-refractivity contribution in [3.8, 4) is 11.1 Å². The van der Waals surface area contributed by atoms with Gasteiger partial charge in [0.05, 0.1) is 19.6 Å². The Morgan fingerprint density at radius 2 is 1.79 bits per heavy atom. The van der Waals surface area contributed by atoms with E-state index in [2.05, 4.69) is 33.8 Å². The Kier molecular flexibility index (Phi) is 6.51. The van der Waals surface area contributed by atoms with Gasteiger partial charge in [-0.3, -0.25) is 4.79 Å². The van der Waals surface area contributed by atoms with Gasteiger partial charge in [0.1, 0.15) is 11.6 Å². The minimum atomic E-state index is -0.154. The van der Waals surface area contributed by atoms with Crippen molar-refractivity contribution in [3.05, 3.63) is 60.0 Å². The van der Waals surface area contributed by atoms with Crippen molar-refractivity contribution >= 4 is 17.5 Å². The maximum atomic E-state index is 12.4. The van der Waals surface area contributed by atoms with Crippen molar-refractivity contribution in [1.82, 2.24) is 10.1 Å². The Hall–Kier alpha value is -3.19. The fraction of sp³-hybridized carbons (Fsp3) is 0.423. The molecule has 1 aromatic carbocycles. The zero-order chi connectivity index (χ0) is 23.5. The van der Waals surface area contributed by atoms with E-state index in [4.69, 9.17) is 9.26 Å². The lowest BCUT2D eigenvalue weighted by molar-refractivity contribution is -0.115. The first-order valence-corrected chi connectivity index (χ1v) is 11.3. The number of carbonyl (C=O) groups excluding carboxylic acids is 1. The Morgan fingerprint density at radius 1 is 1.06 bits per heavy atom. The van der Waals surface area contributed by atoms with Gasteiger partial charge in [-0.2, -0.15) is 0 Å². The van der Waals surface area contributed by atoms with E-state index >= 15 is 0 Å². The summed E-state index contributed by atoms with van der Waals surface area (Å²) in [7, 11) is 0. The largest absolute Gasteiger partial charge is 0.380 e. The predicted octanol–water partition coefficient (Wildman–Crippen LogP) is 5.05. The monoisotopic (exact) mass is 448 g/mol. The molecule has 0 bridgehead atoms. The highest BCUT2D eigenvalue weighted by atomic mass is 16.5. The van der Waals surface area contributed by atoms with Gasteiger partial charge < -0.3 is 19.9 Å². The third kappa shape index (κ3) is 5.99. The predicted molar refractivity (Wildman–Crippen MR) is 129 cm³/mol. The summed E-state index contributed by atoms with van der Waals surface area (Å²) in [5.41, 5.74) is 3.17. The SMILES string of the molecule is CC1(CCNc2ccc(-c3ccc(CC(=O)Nc4cc(C(C)(C)C)on4)cc3)cn2)COC1.